The highest BCUT2D eigenvalue weighted by Gasteiger charge is 2.08. The molecule has 5 nitrogen and oxygen atoms in total. The fourth-order valence-electron chi connectivity index (χ4n) is 1.78. The monoisotopic (exact) mass is 236 g/mol. The summed E-state index contributed by atoms with van der Waals surface area (Å²) < 4.78 is 0. The van der Waals surface area contributed by atoms with Crippen molar-refractivity contribution in [2.75, 3.05) is 0 Å². The number of aromatic hydroxyl groups is 1. The van der Waals surface area contributed by atoms with Gasteiger partial charge in [-0.05, 0) is 24.3 Å². The number of phenolic OH excluding ortho intramolecular Hbond substituents is 1. The molecule has 2 heterocycles. The Morgan fingerprint density at radius 1 is 0.944 bits per heavy atom. The first kappa shape index (κ1) is 10.6. The van der Waals surface area contributed by atoms with Crippen LogP contribution in [-0.2, 0) is 0 Å². The van der Waals surface area contributed by atoms with Crippen molar-refractivity contribution in [3.8, 4) is 17.0 Å². The molecule has 1 aromatic carbocycles. The average molecular weight is 236 g/mol. The number of aromatic nitrogens is 4. The fourth-order valence-corrected chi connectivity index (χ4v) is 1.78. The molecule has 0 saturated heterocycles. The molecule has 1 N–H and O–H groups in total. The van der Waals surface area contributed by atoms with Gasteiger partial charge in [-0.2, -0.15) is 20.4 Å². The van der Waals surface area contributed by atoms with Crippen LogP contribution >= 0.6 is 0 Å². The first-order valence-electron chi connectivity index (χ1n) is 5.48. The molecule has 18 heavy (non-hydrogen) atoms. The summed E-state index contributed by atoms with van der Waals surface area (Å²) in [6.45, 7) is 0. The van der Waals surface area contributed by atoms with Crippen LogP contribution in [0, 0.1) is 0 Å². The molecule has 0 unspecified atom stereocenters. The van der Waals surface area contributed by atoms with Crippen LogP contribution < -0.4 is 5.59 Å². The zero-order valence-electron chi connectivity index (χ0n) is 9.70. The molecule has 3 rings (SSSR count). The van der Waals surface area contributed by atoms with E-state index in [0.717, 1.165) is 16.4 Å². The highest BCUT2D eigenvalue weighted by Crippen LogP contribution is 2.31. The summed E-state index contributed by atoms with van der Waals surface area (Å²) >= 11 is 0. The second-order valence-corrected chi connectivity index (χ2v) is 4.05. The van der Waals surface area contributed by atoms with Gasteiger partial charge in [0.05, 0.1) is 18.1 Å². The first-order valence-corrected chi connectivity index (χ1v) is 5.48. The third-order valence-corrected chi connectivity index (χ3v) is 2.74. The van der Waals surface area contributed by atoms with Gasteiger partial charge in [-0.3, -0.25) is 0 Å². The highest BCUT2D eigenvalue weighted by molar-refractivity contribution is 6.30. The van der Waals surface area contributed by atoms with E-state index in [9.17, 15) is 5.11 Å². The molecule has 0 aliphatic carbocycles. The van der Waals surface area contributed by atoms with Crippen molar-refractivity contribution in [3.05, 3.63) is 36.7 Å². The molecule has 0 radical (unpaired) electrons. The van der Waals surface area contributed by atoms with Gasteiger partial charge < -0.3 is 5.11 Å². The van der Waals surface area contributed by atoms with Crippen molar-refractivity contribution in [2.45, 2.75) is 0 Å². The van der Waals surface area contributed by atoms with E-state index in [1.54, 1.807) is 18.5 Å². The zero-order chi connectivity index (χ0) is 12.5. The Hall–Kier alpha value is -2.50. The molecule has 0 spiro atoms. The Morgan fingerprint density at radius 2 is 1.67 bits per heavy atom. The van der Waals surface area contributed by atoms with Crippen molar-refractivity contribution >= 4 is 24.2 Å². The van der Waals surface area contributed by atoms with Crippen LogP contribution in [0.1, 0.15) is 0 Å². The summed E-state index contributed by atoms with van der Waals surface area (Å²) in [7, 11) is 1.87. The quantitative estimate of drug-likeness (QED) is 0.604. The van der Waals surface area contributed by atoms with Crippen LogP contribution in [0.15, 0.2) is 36.7 Å². The van der Waals surface area contributed by atoms with E-state index in [2.05, 4.69) is 20.4 Å². The van der Waals surface area contributed by atoms with Gasteiger partial charge in [-0.25, -0.2) is 0 Å². The van der Waals surface area contributed by atoms with Gasteiger partial charge in [0.2, 0.25) is 0 Å². The zero-order valence-corrected chi connectivity index (χ0v) is 9.70. The number of nitrogens with zero attached hydrogens (tertiary/aromatic N) is 4. The lowest BCUT2D eigenvalue weighted by Crippen LogP contribution is -2.09. The van der Waals surface area contributed by atoms with Crippen LogP contribution in [0.25, 0.3) is 22.0 Å². The minimum absolute atomic E-state index is 0.161. The maximum Gasteiger partial charge on any atom is 0.166 e. The molecule has 6 heteroatoms. The van der Waals surface area contributed by atoms with Crippen molar-refractivity contribution in [3.63, 3.8) is 0 Å². The first-order chi connectivity index (χ1) is 8.74. The van der Waals surface area contributed by atoms with Crippen LogP contribution in [-0.4, -0.2) is 33.3 Å². The predicted molar refractivity (Wildman–Crippen MR) is 70.4 cm³/mol. The van der Waals surface area contributed by atoms with Gasteiger partial charge in [0.15, 0.2) is 7.85 Å². The van der Waals surface area contributed by atoms with Crippen LogP contribution in [0.5, 0.6) is 5.75 Å². The minimum Gasteiger partial charge on any atom is -0.507 e. The molecule has 2 aromatic heterocycles. The van der Waals surface area contributed by atoms with E-state index in [1.807, 2.05) is 26.0 Å². The molecule has 0 amide bonds. The Balaban J connectivity index is 2.22. The van der Waals surface area contributed by atoms with Gasteiger partial charge in [0.1, 0.15) is 5.75 Å². The molecule has 0 saturated carbocycles. The van der Waals surface area contributed by atoms with Gasteiger partial charge >= 0.3 is 0 Å². The summed E-state index contributed by atoms with van der Waals surface area (Å²) in [4.78, 5) is 0. The van der Waals surface area contributed by atoms with Crippen molar-refractivity contribution in [1.82, 2.24) is 20.4 Å². The van der Waals surface area contributed by atoms with Crippen molar-refractivity contribution in [1.29, 1.82) is 0 Å². The lowest BCUT2D eigenvalue weighted by molar-refractivity contribution is 0.478. The lowest BCUT2D eigenvalue weighted by atomic mass is 10.0. The van der Waals surface area contributed by atoms with Gasteiger partial charge in [-0.1, -0.05) is 0 Å². The summed E-state index contributed by atoms with van der Waals surface area (Å²) in [5.41, 5.74) is 2.12. The Kier molecular flexibility index (Phi) is 2.41. The predicted octanol–water partition coefficient (Wildman–Crippen LogP) is 0.0508. The molecule has 0 aliphatic rings. The lowest BCUT2D eigenvalue weighted by Gasteiger charge is -2.05. The SMILES string of the molecule is Bc1ccc(-c2cc3cnncc3cc2O)nn1. The fraction of sp³-hybridized carbons (Fsp3) is 0. The van der Waals surface area contributed by atoms with E-state index < -0.39 is 0 Å². The van der Waals surface area contributed by atoms with Crippen LogP contribution in [0.2, 0.25) is 0 Å². The molecule has 0 atom stereocenters. The van der Waals surface area contributed by atoms with E-state index >= 15 is 0 Å². The van der Waals surface area contributed by atoms with E-state index in [0.29, 0.717) is 11.3 Å². The normalized spacial score (nSPS) is 10.7. The number of hydrogen-bond acceptors (Lipinski definition) is 5. The number of benzene rings is 1. The van der Waals surface area contributed by atoms with E-state index in [4.69, 9.17) is 0 Å². The highest BCUT2D eigenvalue weighted by atomic mass is 16.3. The third kappa shape index (κ3) is 1.77. The second kappa shape index (κ2) is 4.07. The maximum atomic E-state index is 10.0. The summed E-state index contributed by atoms with van der Waals surface area (Å²) in [6.07, 6.45) is 3.26. The maximum absolute atomic E-state index is 10.0. The summed E-state index contributed by atoms with van der Waals surface area (Å²) in [5, 5.41) is 27.4. The Bertz CT molecular complexity index is 715. The van der Waals surface area contributed by atoms with E-state index in [-0.39, 0.29) is 5.75 Å². The average Bonchev–Trinajstić information content (AvgIpc) is 2.39. The Morgan fingerprint density at radius 3 is 2.33 bits per heavy atom. The molecule has 0 aliphatic heterocycles. The largest absolute Gasteiger partial charge is 0.507 e. The van der Waals surface area contributed by atoms with Gasteiger partial charge in [-0.15, -0.1) is 0 Å². The van der Waals surface area contributed by atoms with Gasteiger partial charge in [0, 0.05) is 21.9 Å². The second-order valence-electron chi connectivity index (χ2n) is 4.05. The van der Waals surface area contributed by atoms with Gasteiger partial charge in [0.25, 0.3) is 0 Å². The summed E-state index contributed by atoms with van der Waals surface area (Å²) in [6, 6.07) is 7.17. The molecule has 0 bridgehead atoms. The Labute approximate surface area is 104 Å². The van der Waals surface area contributed by atoms with Crippen LogP contribution in [0.4, 0.5) is 0 Å². The number of hydrogen-bond donors (Lipinski definition) is 1. The number of rotatable bonds is 1. The topological polar surface area (TPSA) is 71.8 Å². The summed E-state index contributed by atoms with van der Waals surface area (Å²) in [5.74, 6) is 0.161. The molecule has 86 valence electrons. The number of phenols is 1. The van der Waals surface area contributed by atoms with E-state index in [1.165, 1.54) is 0 Å². The molecular weight excluding hydrogens is 227 g/mol. The number of fused-ring (bicyclic) bond motifs is 1. The van der Waals surface area contributed by atoms with Crippen molar-refractivity contribution < 1.29 is 5.11 Å². The molecular formula is C12H9BN4O. The smallest absolute Gasteiger partial charge is 0.166 e. The standard InChI is InChI=1S/C12H9BN4O/c13-12-2-1-10(16-17-12)9-3-7-5-14-15-6-8(7)4-11(9)18/h1-6,18H,13H2. The molecule has 0 fully saturated rings. The minimum atomic E-state index is 0.161. The van der Waals surface area contributed by atoms with Crippen molar-refractivity contribution in [2.24, 2.45) is 0 Å². The third-order valence-electron chi connectivity index (χ3n) is 2.74. The van der Waals surface area contributed by atoms with Crippen LogP contribution in [0.3, 0.4) is 0 Å². The molecule has 3 aromatic rings.